The van der Waals surface area contributed by atoms with Crippen molar-refractivity contribution in [1.29, 1.82) is 0 Å². The summed E-state index contributed by atoms with van der Waals surface area (Å²) in [5.41, 5.74) is 5.01. The van der Waals surface area contributed by atoms with Gasteiger partial charge in [0.05, 0.1) is 25.1 Å². The largest absolute Gasteiger partial charge is 0.402 e. The minimum absolute atomic E-state index is 0.0929. The van der Waals surface area contributed by atoms with E-state index in [9.17, 15) is 4.79 Å². The minimum atomic E-state index is -0.897. The van der Waals surface area contributed by atoms with Crippen LogP contribution in [-0.2, 0) is 23.0 Å². The summed E-state index contributed by atoms with van der Waals surface area (Å²) >= 11 is 1.55. The molecule has 3 aromatic heterocycles. The second-order valence-electron chi connectivity index (χ2n) is 9.78. The number of aryl methyl sites for hydroxylation is 1. The number of carbonyl (C=O) groups is 1. The summed E-state index contributed by atoms with van der Waals surface area (Å²) in [7, 11) is 1.87. The Hall–Kier alpha value is -4.68. The number of aliphatic imine (C=N–C) groups is 1. The highest BCUT2D eigenvalue weighted by Gasteiger charge is 2.29. The fraction of sp³-hybridized carbons (Fsp3) is 0.241. The standard InChI is InChI=1S/C29H26N8O3S/c1-36-17-20(16-30-36)27-32-24(28(41-27)37-11-13-39-14-12-37)26-34-35-29(40-26)33-25-22(38)15-19-9-5-6-10-21(19)23(31-25)18-7-3-2-4-8-18/h2-10,16-17,25H,11-15H2,1H3,(H,33,35)/t25-/m1/s1. The highest BCUT2D eigenvalue weighted by molar-refractivity contribution is 7.19. The van der Waals surface area contributed by atoms with E-state index in [4.69, 9.17) is 19.1 Å². The monoisotopic (exact) mass is 566 g/mol. The molecule has 2 aliphatic heterocycles. The number of aromatic nitrogens is 5. The smallest absolute Gasteiger partial charge is 0.317 e. The number of benzene rings is 2. The molecule has 0 bridgehead atoms. The van der Waals surface area contributed by atoms with Gasteiger partial charge < -0.3 is 19.4 Å². The number of nitrogens with one attached hydrogen (secondary N) is 1. The highest BCUT2D eigenvalue weighted by atomic mass is 32.1. The third-order valence-corrected chi connectivity index (χ3v) is 8.16. The van der Waals surface area contributed by atoms with Gasteiger partial charge >= 0.3 is 6.01 Å². The van der Waals surface area contributed by atoms with Gasteiger partial charge in [0, 0.05) is 49.4 Å². The van der Waals surface area contributed by atoms with Gasteiger partial charge in [0.1, 0.15) is 10.0 Å². The molecule has 7 rings (SSSR count). The first-order valence-corrected chi connectivity index (χ1v) is 14.1. The zero-order valence-corrected chi connectivity index (χ0v) is 23.0. The van der Waals surface area contributed by atoms with Crippen LogP contribution in [0.4, 0.5) is 11.0 Å². The number of morpholine rings is 1. The molecule has 0 radical (unpaired) electrons. The molecule has 0 amide bonds. The SMILES string of the molecule is Cn1cc(-c2nc(-c3nnc(N[C@H]4N=C(c5ccccc5)c5ccccc5CC4=O)o3)c(N3CCOCC3)s2)cn1. The zero-order chi connectivity index (χ0) is 27.8. The molecule has 41 heavy (non-hydrogen) atoms. The summed E-state index contributed by atoms with van der Waals surface area (Å²) in [5, 5.41) is 17.6. The number of ether oxygens (including phenoxy) is 1. The number of Topliss-reactive ketones (excluding diaryl/α,β-unsaturated/α-hetero) is 1. The molecule has 11 nitrogen and oxygen atoms in total. The number of hydrogen-bond donors (Lipinski definition) is 1. The molecule has 0 unspecified atom stereocenters. The molecule has 0 spiro atoms. The van der Waals surface area contributed by atoms with Crippen molar-refractivity contribution in [2.24, 2.45) is 12.0 Å². The van der Waals surface area contributed by atoms with Crippen LogP contribution in [0.25, 0.3) is 22.2 Å². The molecule has 2 aliphatic rings. The van der Waals surface area contributed by atoms with E-state index in [2.05, 4.69) is 25.5 Å². The van der Waals surface area contributed by atoms with Gasteiger partial charge in [-0.15, -0.1) is 5.10 Å². The Kier molecular flexibility index (Phi) is 6.61. The van der Waals surface area contributed by atoms with E-state index >= 15 is 0 Å². The van der Waals surface area contributed by atoms with Gasteiger partial charge in [-0.05, 0) is 5.56 Å². The van der Waals surface area contributed by atoms with Crippen LogP contribution in [0.2, 0.25) is 0 Å². The Bertz CT molecular complexity index is 1740. The van der Waals surface area contributed by atoms with Crippen LogP contribution >= 0.6 is 11.3 Å². The molecule has 0 aliphatic carbocycles. The summed E-state index contributed by atoms with van der Waals surface area (Å²) < 4.78 is 13.4. The lowest BCUT2D eigenvalue weighted by Gasteiger charge is -2.27. The average Bonchev–Trinajstić information content (AvgIpc) is 3.74. The van der Waals surface area contributed by atoms with Crippen LogP contribution < -0.4 is 10.2 Å². The van der Waals surface area contributed by atoms with Gasteiger partial charge in [-0.1, -0.05) is 71.0 Å². The molecule has 12 heteroatoms. The number of carbonyl (C=O) groups excluding carboxylic acids is 1. The second kappa shape index (κ2) is 10.7. The summed E-state index contributed by atoms with van der Waals surface area (Å²) in [4.78, 5) is 25.3. The highest BCUT2D eigenvalue weighted by Crippen LogP contribution is 2.40. The lowest BCUT2D eigenvalue weighted by atomic mass is 9.96. The predicted octanol–water partition coefficient (Wildman–Crippen LogP) is 3.83. The van der Waals surface area contributed by atoms with Crippen molar-refractivity contribution >= 4 is 33.8 Å². The van der Waals surface area contributed by atoms with E-state index in [1.54, 1.807) is 22.2 Å². The maximum absolute atomic E-state index is 13.4. The molecule has 5 aromatic rings. The van der Waals surface area contributed by atoms with Gasteiger partial charge in [-0.25, -0.2) is 4.98 Å². The lowest BCUT2D eigenvalue weighted by Crippen LogP contribution is -2.35. The molecule has 2 aromatic carbocycles. The van der Waals surface area contributed by atoms with Crippen molar-refractivity contribution in [2.45, 2.75) is 12.6 Å². The van der Waals surface area contributed by atoms with E-state index in [-0.39, 0.29) is 24.1 Å². The Balaban J connectivity index is 1.22. The molecular formula is C29H26N8O3S. The number of anilines is 2. The molecule has 1 fully saturated rings. The molecule has 206 valence electrons. The Morgan fingerprint density at radius 3 is 2.61 bits per heavy atom. The van der Waals surface area contributed by atoms with Crippen molar-refractivity contribution in [3.05, 3.63) is 83.7 Å². The second-order valence-corrected chi connectivity index (χ2v) is 10.8. The molecular weight excluding hydrogens is 540 g/mol. The van der Waals surface area contributed by atoms with Gasteiger partial charge in [0.25, 0.3) is 5.89 Å². The zero-order valence-electron chi connectivity index (χ0n) is 22.2. The number of ketones is 1. The Morgan fingerprint density at radius 1 is 1.00 bits per heavy atom. The van der Waals surface area contributed by atoms with Crippen LogP contribution in [0.15, 0.2) is 76.4 Å². The third-order valence-electron chi connectivity index (χ3n) is 6.99. The van der Waals surface area contributed by atoms with Crippen molar-refractivity contribution in [3.63, 3.8) is 0 Å². The van der Waals surface area contributed by atoms with Crippen molar-refractivity contribution in [1.82, 2.24) is 25.0 Å². The Morgan fingerprint density at radius 2 is 1.80 bits per heavy atom. The van der Waals surface area contributed by atoms with E-state index in [1.807, 2.05) is 67.8 Å². The average molecular weight is 567 g/mol. The fourth-order valence-electron chi connectivity index (χ4n) is 4.98. The number of hydrogen-bond acceptors (Lipinski definition) is 11. The Labute approximate surface area is 239 Å². The normalized spacial score (nSPS) is 17.2. The van der Waals surface area contributed by atoms with E-state index in [0.29, 0.717) is 18.9 Å². The number of fused-ring (bicyclic) bond motifs is 1. The van der Waals surface area contributed by atoms with E-state index < -0.39 is 6.17 Å². The molecule has 1 saturated heterocycles. The maximum Gasteiger partial charge on any atom is 0.317 e. The third kappa shape index (κ3) is 5.03. The fourth-order valence-corrected chi connectivity index (χ4v) is 6.07. The van der Waals surface area contributed by atoms with Gasteiger partial charge in [-0.2, -0.15) is 5.10 Å². The van der Waals surface area contributed by atoms with Crippen LogP contribution in [0.1, 0.15) is 16.7 Å². The predicted molar refractivity (Wildman–Crippen MR) is 155 cm³/mol. The number of rotatable bonds is 6. The number of thiazole rings is 1. The quantitative estimate of drug-likeness (QED) is 0.327. The van der Waals surface area contributed by atoms with Crippen LogP contribution in [0.3, 0.4) is 0 Å². The summed E-state index contributed by atoms with van der Waals surface area (Å²) in [5.74, 6) is 0.168. The molecule has 5 heterocycles. The summed E-state index contributed by atoms with van der Waals surface area (Å²) in [6, 6.07) is 17.8. The van der Waals surface area contributed by atoms with Crippen molar-refractivity contribution in [3.8, 4) is 22.2 Å². The maximum atomic E-state index is 13.4. The van der Waals surface area contributed by atoms with Crippen molar-refractivity contribution < 1.29 is 13.9 Å². The van der Waals surface area contributed by atoms with Gasteiger partial charge in [-0.3, -0.25) is 14.5 Å². The number of nitrogens with zero attached hydrogens (tertiary/aromatic N) is 7. The molecule has 1 atom stereocenters. The lowest BCUT2D eigenvalue weighted by molar-refractivity contribution is -0.119. The molecule has 0 saturated carbocycles. The van der Waals surface area contributed by atoms with Crippen molar-refractivity contribution in [2.75, 3.05) is 36.5 Å². The van der Waals surface area contributed by atoms with Crippen LogP contribution in [0, 0.1) is 0 Å². The minimum Gasteiger partial charge on any atom is -0.402 e. The van der Waals surface area contributed by atoms with Gasteiger partial charge in [0.2, 0.25) is 0 Å². The van der Waals surface area contributed by atoms with Crippen LogP contribution in [-0.4, -0.2) is 68.9 Å². The van der Waals surface area contributed by atoms with E-state index in [0.717, 1.165) is 51.1 Å². The molecule has 1 N–H and O–H groups in total. The van der Waals surface area contributed by atoms with Crippen LogP contribution in [0.5, 0.6) is 0 Å². The van der Waals surface area contributed by atoms with Gasteiger partial charge in [0.15, 0.2) is 17.6 Å². The van der Waals surface area contributed by atoms with E-state index in [1.165, 1.54) is 0 Å². The first kappa shape index (κ1) is 25.3. The summed E-state index contributed by atoms with van der Waals surface area (Å²) in [6.45, 7) is 2.72. The summed E-state index contributed by atoms with van der Waals surface area (Å²) in [6.07, 6.45) is 3.04. The first-order chi connectivity index (χ1) is 20.1. The topological polar surface area (TPSA) is 124 Å². The first-order valence-electron chi connectivity index (χ1n) is 13.3.